The maximum absolute atomic E-state index is 10.6. The van der Waals surface area contributed by atoms with Gasteiger partial charge in [0.05, 0.1) is 25.1 Å². The van der Waals surface area contributed by atoms with Gasteiger partial charge in [0, 0.05) is 51.5 Å². The zero-order valence-corrected chi connectivity index (χ0v) is 20.8. The Balaban J connectivity index is 0.000000426. The molecule has 0 saturated heterocycles. The summed E-state index contributed by atoms with van der Waals surface area (Å²) in [7, 11) is 6.04. The van der Waals surface area contributed by atoms with Crippen molar-refractivity contribution in [1.82, 2.24) is 34.6 Å². The van der Waals surface area contributed by atoms with Crippen molar-refractivity contribution in [1.29, 1.82) is 0 Å². The number of nitrogens with zero attached hydrogens (tertiary/aromatic N) is 7. The monoisotopic (exact) mass is 561 g/mol. The maximum atomic E-state index is 10.6. The third kappa shape index (κ3) is 12.3. The highest BCUT2D eigenvalue weighted by Gasteiger charge is 2.38. The quantitative estimate of drug-likeness (QED) is 0.380. The van der Waals surface area contributed by atoms with Gasteiger partial charge in [-0.2, -0.15) is 31.4 Å². The van der Waals surface area contributed by atoms with Gasteiger partial charge in [0.1, 0.15) is 5.69 Å². The molecule has 3 rings (SSSR count). The number of carboxylic acid groups (broad SMARTS) is 2. The lowest BCUT2D eigenvalue weighted by atomic mass is 10.2. The number of aromatic nitrogens is 5. The van der Waals surface area contributed by atoms with E-state index < -0.39 is 24.3 Å². The van der Waals surface area contributed by atoms with Gasteiger partial charge in [0.15, 0.2) is 0 Å². The van der Waals surface area contributed by atoms with E-state index in [4.69, 9.17) is 24.5 Å². The molecular formula is C20H29F6N7O5. The minimum Gasteiger partial charge on any atom is -0.475 e. The first kappa shape index (κ1) is 32.8. The van der Waals surface area contributed by atoms with E-state index >= 15 is 0 Å². The molecule has 0 bridgehead atoms. The lowest BCUT2D eigenvalue weighted by molar-refractivity contribution is -0.193. The Morgan fingerprint density at radius 2 is 1.66 bits per heavy atom. The average molecular weight is 561 g/mol. The van der Waals surface area contributed by atoms with Crippen LogP contribution < -0.4 is 0 Å². The molecule has 2 aromatic rings. The molecule has 0 atom stereocenters. The number of fused-ring (bicyclic) bond motifs is 1. The molecule has 2 N–H and O–H groups in total. The number of aryl methyl sites for hydroxylation is 2. The van der Waals surface area contributed by atoms with Crippen molar-refractivity contribution in [2.45, 2.75) is 45.0 Å². The van der Waals surface area contributed by atoms with Crippen LogP contribution in [0.4, 0.5) is 26.3 Å². The molecule has 0 unspecified atom stereocenters. The van der Waals surface area contributed by atoms with Gasteiger partial charge in [-0.15, -0.1) is 5.10 Å². The summed E-state index contributed by atoms with van der Waals surface area (Å²) in [5.74, 6) is -5.51. The molecule has 2 aromatic heterocycles. The first-order valence-electron chi connectivity index (χ1n) is 10.9. The van der Waals surface area contributed by atoms with Gasteiger partial charge in [-0.1, -0.05) is 5.21 Å². The molecular weight excluding hydrogens is 532 g/mol. The molecule has 0 spiro atoms. The molecule has 0 aliphatic carbocycles. The number of carboxylic acids is 2. The largest absolute Gasteiger partial charge is 0.490 e. The van der Waals surface area contributed by atoms with Crippen LogP contribution in [0.15, 0.2) is 12.4 Å². The van der Waals surface area contributed by atoms with Crippen LogP contribution in [0.1, 0.15) is 23.4 Å². The van der Waals surface area contributed by atoms with Gasteiger partial charge in [-0.3, -0.25) is 9.58 Å². The number of ether oxygens (including phenoxy) is 1. The van der Waals surface area contributed by atoms with Crippen molar-refractivity contribution in [2.24, 2.45) is 7.05 Å². The predicted octanol–water partition coefficient (Wildman–Crippen LogP) is 1.76. The van der Waals surface area contributed by atoms with E-state index in [0.29, 0.717) is 13.2 Å². The van der Waals surface area contributed by atoms with Gasteiger partial charge in [-0.05, 0) is 20.5 Å². The van der Waals surface area contributed by atoms with Crippen LogP contribution in [0.2, 0.25) is 0 Å². The third-order valence-electron chi connectivity index (χ3n) is 4.71. The predicted molar refractivity (Wildman–Crippen MR) is 118 cm³/mol. The normalized spacial score (nSPS) is 14.1. The standard InChI is InChI=1S/C16H27N7O.2C2HF3O2/c1-20(2)7-8-24-13-15-16-12-22(5-4-6-23(16)19-18-15)11-14-9-17-21(3)10-14;2*3-2(4,5)1(6)7/h9-10H,4-8,11-13H2,1-3H3;2*(H,6,7). The van der Waals surface area contributed by atoms with Gasteiger partial charge in [-0.25, -0.2) is 14.3 Å². The van der Waals surface area contributed by atoms with E-state index in [1.54, 1.807) is 0 Å². The Hall–Kier alpha value is -3.25. The molecule has 0 amide bonds. The maximum Gasteiger partial charge on any atom is 0.490 e. The number of likely N-dealkylation sites (N-methyl/N-ethyl adjacent to an activating group) is 1. The summed E-state index contributed by atoms with van der Waals surface area (Å²) in [6.45, 7) is 5.89. The summed E-state index contributed by atoms with van der Waals surface area (Å²) in [6.07, 6.45) is -5.07. The first-order valence-corrected chi connectivity index (χ1v) is 10.9. The lowest BCUT2D eigenvalue weighted by Gasteiger charge is -2.19. The number of carbonyl (C=O) groups is 2. The third-order valence-corrected chi connectivity index (χ3v) is 4.71. The molecule has 0 radical (unpaired) electrons. The van der Waals surface area contributed by atoms with Gasteiger partial charge >= 0.3 is 24.3 Å². The molecule has 0 aromatic carbocycles. The van der Waals surface area contributed by atoms with Crippen molar-refractivity contribution >= 4 is 11.9 Å². The highest BCUT2D eigenvalue weighted by molar-refractivity contribution is 5.73. The fourth-order valence-corrected chi connectivity index (χ4v) is 2.93. The Bertz CT molecular complexity index is 999. The topological polar surface area (TPSA) is 139 Å². The summed E-state index contributed by atoms with van der Waals surface area (Å²) in [6, 6.07) is 0. The Morgan fingerprint density at radius 1 is 1.08 bits per heavy atom. The van der Waals surface area contributed by atoms with Crippen molar-refractivity contribution in [3.05, 3.63) is 29.3 Å². The van der Waals surface area contributed by atoms with E-state index in [9.17, 15) is 26.3 Å². The van der Waals surface area contributed by atoms with E-state index in [0.717, 1.165) is 44.8 Å². The van der Waals surface area contributed by atoms with Crippen molar-refractivity contribution in [3.63, 3.8) is 0 Å². The van der Waals surface area contributed by atoms with Crippen LogP contribution in [0.3, 0.4) is 0 Å². The Morgan fingerprint density at radius 3 is 2.13 bits per heavy atom. The van der Waals surface area contributed by atoms with Crippen LogP contribution >= 0.6 is 0 Å². The highest BCUT2D eigenvalue weighted by Crippen LogP contribution is 2.17. The minimum absolute atomic E-state index is 0.532. The second-order valence-corrected chi connectivity index (χ2v) is 8.25. The summed E-state index contributed by atoms with van der Waals surface area (Å²) < 4.78 is 73.1. The summed E-state index contributed by atoms with van der Waals surface area (Å²) in [4.78, 5) is 22.3. The second-order valence-electron chi connectivity index (χ2n) is 8.25. The average Bonchev–Trinajstić information content (AvgIpc) is 3.30. The fraction of sp³-hybridized carbons (Fsp3) is 0.650. The number of alkyl halides is 6. The molecule has 38 heavy (non-hydrogen) atoms. The SMILES string of the molecule is CN(C)CCOCc1nnn2c1CN(Cc1cnn(C)c1)CCC2.O=C(O)C(F)(F)F.O=C(O)C(F)(F)F. The van der Waals surface area contributed by atoms with E-state index in [1.165, 1.54) is 11.3 Å². The molecule has 3 heterocycles. The molecule has 18 heteroatoms. The van der Waals surface area contributed by atoms with Crippen molar-refractivity contribution in [3.8, 4) is 0 Å². The summed E-state index contributed by atoms with van der Waals surface area (Å²) in [5.41, 5.74) is 3.38. The van der Waals surface area contributed by atoms with Crippen molar-refractivity contribution < 1.29 is 50.9 Å². The minimum atomic E-state index is -5.08. The molecule has 1 aliphatic rings. The molecule has 1 aliphatic heterocycles. The van der Waals surface area contributed by atoms with Crippen LogP contribution in [0.25, 0.3) is 0 Å². The van der Waals surface area contributed by atoms with Crippen LogP contribution in [0, 0.1) is 0 Å². The van der Waals surface area contributed by atoms with Crippen molar-refractivity contribution in [2.75, 3.05) is 33.8 Å². The number of aliphatic carboxylic acids is 2. The van der Waals surface area contributed by atoms with Crippen LogP contribution in [0.5, 0.6) is 0 Å². The van der Waals surface area contributed by atoms with Crippen LogP contribution in [-0.2, 0) is 47.6 Å². The molecule has 0 saturated carbocycles. The second kappa shape index (κ2) is 14.6. The van der Waals surface area contributed by atoms with E-state index in [2.05, 4.69) is 31.4 Å². The molecule has 0 fully saturated rings. The van der Waals surface area contributed by atoms with Gasteiger partial charge in [0.25, 0.3) is 0 Å². The van der Waals surface area contributed by atoms with E-state index in [-0.39, 0.29) is 0 Å². The van der Waals surface area contributed by atoms with Gasteiger partial charge < -0.3 is 19.8 Å². The van der Waals surface area contributed by atoms with E-state index in [1.807, 2.05) is 36.7 Å². The molecule has 12 nitrogen and oxygen atoms in total. The first-order chi connectivity index (χ1) is 17.5. The van der Waals surface area contributed by atoms with Crippen LogP contribution in [-0.4, -0.2) is 103 Å². The zero-order chi connectivity index (χ0) is 29.1. The number of rotatable bonds is 7. The van der Waals surface area contributed by atoms with Gasteiger partial charge in [0.2, 0.25) is 0 Å². The Labute approximate surface area is 213 Å². The highest BCUT2D eigenvalue weighted by atomic mass is 19.4. The Kier molecular flexibility index (Phi) is 12.6. The summed E-state index contributed by atoms with van der Waals surface area (Å²) in [5, 5.41) is 27.1. The zero-order valence-electron chi connectivity index (χ0n) is 20.8. The smallest absolute Gasteiger partial charge is 0.475 e. The number of hydrogen-bond acceptors (Lipinski definition) is 8. The fourth-order valence-electron chi connectivity index (χ4n) is 2.93. The number of halogens is 6. The lowest BCUT2D eigenvalue weighted by Crippen LogP contribution is -2.23. The molecule has 216 valence electrons. The summed E-state index contributed by atoms with van der Waals surface area (Å²) >= 11 is 0. The number of hydrogen-bond donors (Lipinski definition) is 2.